The van der Waals surface area contributed by atoms with Gasteiger partial charge < -0.3 is 10.3 Å². The second-order valence-electron chi connectivity index (χ2n) is 5.02. The summed E-state index contributed by atoms with van der Waals surface area (Å²) in [7, 11) is 0. The summed E-state index contributed by atoms with van der Waals surface area (Å²) >= 11 is 3.51. The lowest BCUT2D eigenvalue weighted by Crippen LogP contribution is -2.16. The van der Waals surface area contributed by atoms with Crippen LogP contribution in [-0.2, 0) is 5.41 Å². The van der Waals surface area contributed by atoms with E-state index in [1.54, 1.807) is 0 Å². The molecule has 1 aromatic carbocycles. The summed E-state index contributed by atoms with van der Waals surface area (Å²) in [6, 6.07) is 6.32. The maximum Gasteiger partial charge on any atom is 0.0640 e. The monoisotopic (exact) mass is 306 g/mol. The van der Waals surface area contributed by atoms with E-state index in [9.17, 15) is 0 Å². The topological polar surface area (TPSA) is 27.8 Å². The third-order valence-corrected chi connectivity index (χ3v) is 3.76. The van der Waals surface area contributed by atoms with Crippen LogP contribution in [0.5, 0.6) is 0 Å². The van der Waals surface area contributed by atoms with Crippen LogP contribution in [0.15, 0.2) is 35.3 Å². The van der Waals surface area contributed by atoms with Crippen molar-refractivity contribution in [1.82, 2.24) is 4.98 Å². The van der Waals surface area contributed by atoms with Gasteiger partial charge in [0.15, 0.2) is 0 Å². The van der Waals surface area contributed by atoms with E-state index in [0.717, 1.165) is 16.5 Å². The maximum absolute atomic E-state index is 3.94. The molecule has 0 spiro atoms. The molecule has 0 bridgehead atoms. The van der Waals surface area contributed by atoms with E-state index in [0.29, 0.717) is 0 Å². The largest absolute Gasteiger partial charge is 0.383 e. The van der Waals surface area contributed by atoms with Crippen molar-refractivity contribution in [2.24, 2.45) is 0 Å². The molecule has 0 aliphatic heterocycles. The molecule has 0 atom stereocenters. The molecule has 2 aromatic rings. The molecule has 2 rings (SSSR count). The predicted octanol–water partition coefficient (Wildman–Crippen LogP) is 4.83. The number of rotatable bonds is 4. The molecular formula is C15H19BrN2. The minimum Gasteiger partial charge on any atom is -0.383 e. The Morgan fingerprint density at radius 1 is 1.44 bits per heavy atom. The van der Waals surface area contributed by atoms with Gasteiger partial charge in [-0.15, -0.1) is 6.58 Å². The molecule has 0 saturated heterocycles. The Balaban J connectivity index is 2.72. The molecule has 0 aliphatic rings. The zero-order chi connectivity index (χ0) is 13.3. The SMILES string of the molecule is C=CC(C)(C)c1[nH]c2cc(Br)ccc2c1NCC. The molecule has 1 heterocycles. The minimum atomic E-state index is -0.0804. The normalized spacial score (nSPS) is 11.8. The van der Waals surface area contributed by atoms with Gasteiger partial charge in [0, 0.05) is 33.0 Å². The second kappa shape index (κ2) is 4.81. The number of anilines is 1. The molecule has 2 N–H and O–H groups in total. The van der Waals surface area contributed by atoms with Gasteiger partial charge in [-0.25, -0.2) is 0 Å². The predicted molar refractivity (Wildman–Crippen MR) is 83.4 cm³/mol. The second-order valence-corrected chi connectivity index (χ2v) is 5.94. The molecule has 0 aliphatic carbocycles. The first-order valence-corrected chi connectivity index (χ1v) is 6.98. The summed E-state index contributed by atoms with van der Waals surface area (Å²) in [6.45, 7) is 11.3. The van der Waals surface area contributed by atoms with Crippen LogP contribution in [0, 0.1) is 0 Å². The Hall–Kier alpha value is -1.22. The molecule has 18 heavy (non-hydrogen) atoms. The van der Waals surface area contributed by atoms with Gasteiger partial charge >= 0.3 is 0 Å². The molecular weight excluding hydrogens is 288 g/mol. The van der Waals surface area contributed by atoms with Crippen molar-refractivity contribution < 1.29 is 0 Å². The number of benzene rings is 1. The highest BCUT2D eigenvalue weighted by atomic mass is 79.9. The van der Waals surface area contributed by atoms with Gasteiger partial charge in [-0.3, -0.25) is 0 Å². The van der Waals surface area contributed by atoms with Crippen LogP contribution in [-0.4, -0.2) is 11.5 Å². The van der Waals surface area contributed by atoms with Gasteiger partial charge in [0.25, 0.3) is 0 Å². The zero-order valence-corrected chi connectivity index (χ0v) is 12.7. The maximum atomic E-state index is 3.94. The fourth-order valence-corrected chi connectivity index (χ4v) is 2.48. The van der Waals surface area contributed by atoms with E-state index in [1.807, 2.05) is 6.08 Å². The van der Waals surface area contributed by atoms with Crippen molar-refractivity contribution >= 4 is 32.5 Å². The van der Waals surface area contributed by atoms with Crippen LogP contribution >= 0.6 is 15.9 Å². The van der Waals surface area contributed by atoms with Gasteiger partial charge in [-0.2, -0.15) is 0 Å². The molecule has 3 heteroatoms. The van der Waals surface area contributed by atoms with Gasteiger partial charge in [0.1, 0.15) is 0 Å². The first-order chi connectivity index (χ1) is 8.49. The summed E-state index contributed by atoms with van der Waals surface area (Å²) in [6.07, 6.45) is 1.98. The molecule has 0 amide bonds. The number of allylic oxidation sites excluding steroid dienone is 1. The first-order valence-electron chi connectivity index (χ1n) is 6.18. The van der Waals surface area contributed by atoms with Gasteiger partial charge in [-0.1, -0.05) is 35.9 Å². The number of H-pyrrole nitrogens is 1. The summed E-state index contributed by atoms with van der Waals surface area (Å²) in [5.74, 6) is 0. The quantitative estimate of drug-likeness (QED) is 0.778. The van der Waals surface area contributed by atoms with Gasteiger partial charge in [-0.05, 0) is 25.1 Å². The number of hydrogen-bond acceptors (Lipinski definition) is 1. The van der Waals surface area contributed by atoms with E-state index in [4.69, 9.17) is 0 Å². The Bertz CT molecular complexity index is 581. The number of halogens is 1. The fraction of sp³-hybridized carbons (Fsp3) is 0.333. The van der Waals surface area contributed by atoms with Crippen molar-refractivity contribution in [1.29, 1.82) is 0 Å². The van der Waals surface area contributed by atoms with Gasteiger partial charge in [0.05, 0.1) is 5.69 Å². The van der Waals surface area contributed by atoms with Crippen molar-refractivity contribution in [3.8, 4) is 0 Å². The zero-order valence-electron chi connectivity index (χ0n) is 11.1. The Labute approximate surface area is 117 Å². The Morgan fingerprint density at radius 2 is 2.17 bits per heavy atom. The lowest BCUT2D eigenvalue weighted by molar-refractivity contribution is 0.654. The van der Waals surface area contributed by atoms with E-state index in [-0.39, 0.29) is 5.41 Å². The number of aromatic amines is 1. The van der Waals surface area contributed by atoms with Crippen LogP contribution in [0.25, 0.3) is 10.9 Å². The molecule has 1 aromatic heterocycles. The molecule has 0 unspecified atom stereocenters. The number of fused-ring (bicyclic) bond motifs is 1. The summed E-state index contributed by atoms with van der Waals surface area (Å²) in [4.78, 5) is 3.52. The smallest absolute Gasteiger partial charge is 0.0640 e. The van der Waals surface area contributed by atoms with Crippen LogP contribution < -0.4 is 5.32 Å². The lowest BCUT2D eigenvalue weighted by Gasteiger charge is -2.21. The third kappa shape index (κ3) is 2.19. The summed E-state index contributed by atoms with van der Waals surface area (Å²) in [5.41, 5.74) is 3.44. The fourth-order valence-electron chi connectivity index (χ4n) is 2.12. The molecule has 96 valence electrons. The van der Waals surface area contributed by atoms with Crippen molar-refractivity contribution in [2.75, 3.05) is 11.9 Å². The highest BCUT2D eigenvalue weighted by Gasteiger charge is 2.24. The molecule has 2 nitrogen and oxygen atoms in total. The van der Waals surface area contributed by atoms with E-state index < -0.39 is 0 Å². The van der Waals surface area contributed by atoms with E-state index in [1.165, 1.54) is 16.8 Å². The average Bonchev–Trinajstić information content (AvgIpc) is 2.68. The van der Waals surface area contributed by atoms with E-state index in [2.05, 4.69) is 71.8 Å². The number of nitrogens with one attached hydrogen (secondary N) is 2. The lowest BCUT2D eigenvalue weighted by atomic mass is 9.88. The van der Waals surface area contributed by atoms with Crippen LogP contribution in [0.1, 0.15) is 26.5 Å². The first kappa shape index (κ1) is 13.2. The highest BCUT2D eigenvalue weighted by molar-refractivity contribution is 9.10. The minimum absolute atomic E-state index is 0.0804. The van der Waals surface area contributed by atoms with Crippen molar-refractivity contribution in [3.63, 3.8) is 0 Å². The third-order valence-electron chi connectivity index (χ3n) is 3.27. The van der Waals surface area contributed by atoms with Crippen LogP contribution in [0.3, 0.4) is 0 Å². The summed E-state index contributed by atoms with van der Waals surface area (Å²) < 4.78 is 1.09. The molecule has 0 radical (unpaired) electrons. The van der Waals surface area contributed by atoms with Crippen LogP contribution in [0.2, 0.25) is 0 Å². The van der Waals surface area contributed by atoms with Crippen molar-refractivity contribution in [2.45, 2.75) is 26.2 Å². The van der Waals surface area contributed by atoms with Gasteiger partial charge in [0.2, 0.25) is 0 Å². The molecule has 0 saturated carbocycles. The number of aromatic nitrogens is 1. The Kier molecular flexibility index (Phi) is 3.53. The standard InChI is InChI=1S/C15H19BrN2/c1-5-15(3,4)14-13(17-6-2)11-8-7-10(16)9-12(11)18-14/h5,7-9,17-18H,1,6H2,2-4H3. The summed E-state index contributed by atoms with van der Waals surface area (Å²) in [5, 5.41) is 4.69. The van der Waals surface area contributed by atoms with Crippen molar-refractivity contribution in [3.05, 3.63) is 41.0 Å². The Morgan fingerprint density at radius 3 is 2.78 bits per heavy atom. The van der Waals surface area contributed by atoms with E-state index >= 15 is 0 Å². The highest BCUT2D eigenvalue weighted by Crippen LogP contribution is 2.37. The number of hydrogen-bond donors (Lipinski definition) is 2. The average molecular weight is 307 g/mol. The van der Waals surface area contributed by atoms with Crippen LogP contribution in [0.4, 0.5) is 5.69 Å². The molecule has 0 fully saturated rings.